The molecular formula is C10H12INO. The second-order valence-corrected chi connectivity index (χ2v) is 3.87. The summed E-state index contributed by atoms with van der Waals surface area (Å²) in [6.45, 7) is 4.59. The molecule has 0 unspecified atom stereocenters. The summed E-state index contributed by atoms with van der Waals surface area (Å²) in [5.41, 5.74) is 1.91. The number of halogens is 1. The van der Waals surface area contributed by atoms with Crippen molar-refractivity contribution in [2.75, 3.05) is 6.54 Å². The lowest BCUT2D eigenvalue weighted by Gasteiger charge is -2.06. The van der Waals surface area contributed by atoms with Crippen LogP contribution in [0.3, 0.4) is 0 Å². The summed E-state index contributed by atoms with van der Waals surface area (Å²) in [7, 11) is 0. The van der Waals surface area contributed by atoms with E-state index in [0.717, 1.165) is 14.7 Å². The van der Waals surface area contributed by atoms with Gasteiger partial charge in [0, 0.05) is 10.1 Å². The van der Waals surface area contributed by atoms with E-state index in [9.17, 15) is 4.79 Å². The second kappa shape index (κ2) is 4.60. The maximum absolute atomic E-state index is 11.5. The third kappa shape index (κ3) is 2.43. The zero-order valence-electron chi connectivity index (χ0n) is 7.73. The molecule has 0 aliphatic carbocycles. The van der Waals surface area contributed by atoms with Gasteiger partial charge in [0.15, 0.2) is 0 Å². The van der Waals surface area contributed by atoms with E-state index >= 15 is 0 Å². The van der Waals surface area contributed by atoms with E-state index in [-0.39, 0.29) is 5.91 Å². The molecule has 0 heterocycles. The van der Waals surface area contributed by atoms with Crippen LogP contribution in [0.25, 0.3) is 0 Å². The monoisotopic (exact) mass is 289 g/mol. The molecule has 1 rings (SSSR count). The number of rotatable bonds is 2. The molecule has 0 saturated heterocycles. The van der Waals surface area contributed by atoms with Gasteiger partial charge in [0.05, 0.1) is 5.56 Å². The largest absolute Gasteiger partial charge is 0.352 e. The van der Waals surface area contributed by atoms with Crippen LogP contribution in [0.1, 0.15) is 22.8 Å². The molecule has 0 aliphatic rings. The van der Waals surface area contributed by atoms with Crippen LogP contribution in [0.2, 0.25) is 0 Å². The Morgan fingerprint density at radius 3 is 2.85 bits per heavy atom. The van der Waals surface area contributed by atoms with Crippen LogP contribution in [0.15, 0.2) is 18.2 Å². The zero-order valence-corrected chi connectivity index (χ0v) is 9.88. The molecule has 0 aliphatic heterocycles. The van der Waals surface area contributed by atoms with Gasteiger partial charge in [-0.1, -0.05) is 12.1 Å². The molecule has 1 aromatic rings. The van der Waals surface area contributed by atoms with Crippen molar-refractivity contribution in [2.45, 2.75) is 13.8 Å². The molecular weight excluding hydrogens is 277 g/mol. The van der Waals surface area contributed by atoms with Crippen molar-refractivity contribution in [3.05, 3.63) is 32.9 Å². The molecule has 0 atom stereocenters. The number of hydrogen-bond donors (Lipinski definition) is 1. The maximum atomic E-state index is 11.5. The van der Waals surface area contributed by atoms with Crippen LogP contribution in [0, 0.1) is 10.5 Å². The van der Waals surface area contributed by atoms with Crippen molar-refractivity contribution in [2.24, 2.45) is 0 Å². The summed E-state index contributed by atoms with van der Waals surface area (Å²) in [5.74, 6) is 0.00981. The number of carbonyl (C=O) groups excluding carboxylic acids is 1. The minimum atomic E-state index is 0.00981. The van der Waals surface area contributed by atoms with E-state index in [4.69, 9.17) is 0 Å². The SMILES string of the molecule is CCNC(=O)c1cccc(C)c1I. The smallest absolute Gasteiger partial charge is 0.252 e. The molecule has 2 nitrogen and oxygen atoms in total. The van der Waals surface area contributed by atoms with E-state index in [0.29, 0.717) is 6.54 Å². The summed E-state index contributed by atoms with van der Waals surface area (Å²) in [6, 6.07) is 5.76. The van der Waals surface area contributed by atoms with Gasteiger partial charge < -0.3 is 5.32 Å². The molecule has 1 amide bonds. The first-order valence-corrected chi connectivity index (χ1v) is 5.28. The van der Waals surface area contributed by atoms with E-state index in [1.54, 1.807) is 0 Å². The quantitative estimate of drug-likeness (QED) is 0.832. The van der Waals surface area contributed by atoms with E-state index in [1.807, 2.05) is 32.0 Å². The average molecular weight is 289 g/mol. The number of amides is 1. The zero-order chi connectivity index (χ0) is 9.84. The molecule has 0 radical (unpaired) electrons. The van der Waals surface area contributed by atoms with Crippen molar-refractivity contribution in [3.63, 3.8) is 0 Å². The Hall–Kier alpha value is -0.580. The Bertz CT molecular complexity index is 323. The van der Waals surface area contributed by atoms with Crippen LogP contribution in [0.5, 0.6) is 0 Å². The summed E-state index contributed by atoms with van der Waals surface area (Å²) in [5, 5.41) is 2.79. The summed E-state index contributed by atoms with van der Waals surface area (Å²) in [4.78, 5) is 11.5. The van der Waals surface area contributed by atoms with Crippen LogP contribution in [-0.4, -0.2) is 12.5 Å². The van der Waals surface area contributed by atoms with Gasteiger partial charge in [-0.3, -0.25) is 4.79 Å². The molecule has 1 aromatic carbocycles. The Kier molecular flexibility index (Phi) is 3.71. The highest BCUT2D eigenvalue weighted by Crippen LogP contribution is 2.16. The Balaban J connectivity index is 3.01. The van der Waals surface area contributed by atoms with Crippen molar-refractivity contribution in [1.82, 2.24) is 5.32 Å². The fourth-order valence-electron chi connectivity index (χ4n) is 1.08. The molecule has 13 heavy (non-hydrogen) atoms. The fraction of sp³-hybridized carbons (Fsp3) is 0.300. The number of benzene rings is 1. The van der Waals surface area contributed by atoms with Crippen molar-refractivity contribution < 1.29 is 4.79 Å². The molecule has 0 fully saturated rings. The highest BCUT2D eigenvalue weighted by Gasteiger charge is 2.09. The van der Waals surface area contributed by atoms with Gasteiger partial charge >= 0.3 is 0 Å². The summed E-state index contributed by atoms with van der Waals surface area (Å²) in [6.07, 6.45) is 0. The molecule has 1 N–H and O–H groups in total. The lowest BCUT2D eigenvalue weighted by atomic mass is 10.1. The van der Waals surface area contributed by atoms with Crippen LogP contribution < -0.4 is 5.32 Å². The van der Waals surface area contributed by atoms with Crippen molar-refractivity contribution in [3.8, 4) is 0 Å². The van der Waals surface area contributed by atoms with Gasteiger partial charge in [-0.05, 0) is 48.1 Å². The molecule has 0 spiro atoms. The topological polar surface area (TPSA) is 29.1 Å². The third-order valence-electron chi connectivity index (χ3n) is 1.77. The first kappa shape index (κ1) is 10.5. The number of aryl methyl sites for hydroxylation is 1. The van der Waals surface area contributed by atoms with Crippen molar-refractivity contribution in [1.29, 1.82) is 0 Å². The standard InChI is InChI=1S/C10H12INO/c1-3-12-10(13)8-6-4-5-7(2)9(8)11/h4-6H,3H2,1-2H3,(H,12,13). The maximum Gasteiger partial charge on any atom is 0.252 e. The van der Waals surface area contributed by atoms with E-state index in [1.165, 1.54) is 0 Å². The first-order chi connectivity index (χ1) is 6.16. The predicted octanol–water partition coefficient (Wildman–Crippen LogP) is 2.35. The van der Waals surface area contributed by atoms with Gasteiger partial charge in [0.1, 0.15) is 0 Å². The second-order valence-electron chi connectivity index (χ2n) is 2.80. The van der Waals surface area contributed by atoms with E-state index < -0.39 is 0 Å². The number of carbonyl (C=O) groups is 1. The Morgan fingerprint density at radius 1 is 1.54 bits per heavy atom. The van der Waals surface area contributed by atoms with Crippen molar-refractivity contribution >= 4 is 28.5 Å². The Morgan fingerprint density at radius 2 is 2.23 bits per heavy atom. The van der Waals surface area contributed by atoms with Crippen LogP contribution in [-0.2, 0) is 0 Å². The first-order valence-electron chi connectivity index (χ1n) is 4.20. The Labute approximate surface area is 91.9 Å². The molecule has 0 aromatic heterocycles. The van der Waals surface area contributed by atoms with Gasteiger partial charge in [0.25, 0.3) is 5.91 Å². The van der Waals surface area contributed by atoms with Crippen LogP contribution >= 0.6 is 22.6 Å². The average Bonchev–Trinajstić information content (AvgIpc) is 2.10. The lowest BCUT2D eigenvalue weighted by Crippen LogP contribution is -2.23. The normalized spacial score (nSPS) is 9.77. The van der Waals surface area contributed by atoms with Gasteiger partial charge in [-0.2, -0.15) is 0 Å². The predicted molar refractivity (Wildman–Crippen MR) is 61.9 cm³/mol. The van der Waals surface area contributed by atoms with Crippen LogP contribution in [0.4, 0.5) is 0 Å². The lowest BCUT2D eigenvalue weighted by molar-refractivity contribution is 0.0955. The van der Waals surface area contributed by atoms with Gasteiger partial charge in [-0.25, -0.2) is 0 Å². The highest BCUT2D eigenvalue weighted by atomic mass is 127. The molecule has 3 heteroatoms. The minimum Gasteiger partial charge on any atom is -0.352 e. The minimum absolute atomic E-state index is 0.00981. The summed E-state index contributed by atoms with van der Waals surface area (Å²) < 4.78 is 1.03. The number of hydrogen-bond acceptors (Lipinski definition) is 1. The third-order valence-corrected chi connectivity index (χ3v) is 3.21. The fourth-order valence-corrected chi connectivity index (χ4v) is 1.68. The molecule has 70 valence electrons. The highest BCUT2D eigenvalue weighted by molar-refractivity contribution is 14.1. The van der Waals surface area contributed by atoms with Gasteiger partial charge in [-0.15, -0.1) is 0 Å². The van der Waals surface area contributed by atoms with Gasteiger partial charge in [0.2, 0.25) is 0 Å². The van der Waals surface area contributed by atoms with E-state index in [2.05, 4.69) is 27.9 Å². The molecule has 0 saturated carbocycles. The number of nitrogens with one attached hydrogen (secondary N) is 1. The summed E-state index contributed by atoms with van der Waals surface area (Å²) >= 11 is 2.20. The molecule has 0 bridgehead atoms.